The summed E-state index contributed by atoms with van der Waals surface area (Å²) in [4.78, 5) is 1.96. The fraction of sp³-hybridized carbons (Fsp3) is 0.217. The maximum absolute atomic E-state index is 11.5. The summed E-state index contributed by atoms with van der Waals surface area (Å²) < 4.78 is 43.8. The normalized spacial score (nSPS) is 11.9. The van der Waals surface area contributed by atoms with E-state index >= 15 is 0 Å². The highest BCUT2D eigenvalue weighted by Gasteiger charge is 2.14. The molecule has 0 fully saturated rings. The van der Waals surface area contributed by atoms with Gasteiger partial charge in [0.2, 0.25) is 0 Å². The Hall–Kier alpha value is -2.48. The van der Waals surface area contributed by atoms with E-state index in [0.29, 0.717) is 17.1 Å². The minimum atomic E-state index is -4.30. The Bertz CT molecular complexity index is 1110. The van der Waals surface area contributed by atoms with Crippen molar-refractivity contribution in [2.24, 2.45) is 0 Å². The Labute approximate surface area is 181 Å². The molecule has 0 aliphatic rings. The molecule has 0 heterocycles. The Balaban J connectivity index is 1.67. The highest BCUT2D eigenvalue weighted by atomic mass is 32.2. The quantitative estimate of drug-likeness (QED) is 0.446. The number of ether oxygens (including phenoxy) is 2. The second-order valence-corrected chi connectivity index (χ2v) is 10.3. The molecule has 0 aliphatic heterocycles. The molecular formula is C23H24O5S2. The zero-order chi connectivity index (χ0) is 21.9. The van der Waals surface area contributed by atoms with Gasteiger partial charge in [0.15, 0.2) is 0 Å². The molecule has 0 aromatic heterocycles. The number of hydrogen-bond acceptors (Lipinski definition) is 5. The second-order valence-electron chi connectivity index (χ2n) is 7.76. The first-order chi connectivity index (χ1) is 14.0. The van der Waals surface area contributed by atoms with E-state index in [9.17, 15) is 13.0 Å². The first kappa shape index (κ1) is 22.2. The van der Waals surface area contributed by atoms with Gasteiger partial charge < -0.3 is 9.47 Å². The molecule has 30 heavy (non-hydrogen) atoms. The van der Waals surface area contributed by atoms with Crippen molar-refractivity contribution in [1.82, 2.24) is 0 Å². The Morgan fingerprint density at radius 2 is 1.30 bits per heavy atom. The van der Waals surface area contributed by atoms with Crippen LogP contribution in [0.1, 0.15) is 26.3 Å². The van der Waals surface area contributed by atoms with E-state index in [2.05, 4.69) is 0 Å². The zero-order valence-corrected chi connectivity index (χ0v) is 18.9. The van der Waals surface area contributed by atoms with Crippen LogP contribution in [0.25, 0.3) is 0 Å². The van der Waals surface area contributed by atoms with E-state index in [4.69, 9.17) is 9.47 Å². The second kappa shape index (κ2) is 8.71. The molecule has 158 valence electrons. The minimum Gasteiger partial charge on any atom is -0.488 e. The molecule has 1 N–H and O–H groups in total. The van der Waals surface area contributed by atoms with Crippen LogP contribution >= 0.6 is 11.8 Å². The lowest BCUT2D eigenvalue weighted by Crippen LogP contribution is -2.22. The number of hydrogen-bond donors (Lipinski definition) is 1. The molecule has 5 nitrogen and oxygen atoms in total. The van der Waals surface area contributed by atoms with Crippen molar-refractivity contribution >= 4 is 21.9 Å². The topological polar surface area (TPSA) is 72.8 Å². The summed E-state index contributed by atoms with van der Waals surface area (Å²) in [7, 11) is -4.30. The molecule has 0 saturated carbocycles. The van der Waals surface area contributed by atoms with Gasteiger partial charge in [0.05, 0.1) is 0 Å². The van der Waals surface area contributed by atoms with Crippen LogP contribution in [0.15, 0.2) is 81.4 Å². The lowest BCUT2D eigenvalue weighted by Gasteiger charge is -2.21. The van der Waals surface area contributed by atoms with Gasteiger partial charge in [-0.3, -0.25) is 4.55 Å². The van der Waals surface area contributed by atoms with Crippen LogP contribution < -0.4 is 9.47 Å². The van der Waals surface area contributed by atoms with E-state index in [1.54, 1.807) is 30.8 Å². The van der Waals surface area contributed by atoms with Crippen LogP contribution in [0.4, 0.5) is 0 Å². The molecule has 7 heteroatoms. The van der Waals surface area contributed by atoms with Crippen molar-refractivity contribution in [2.75, 3.05) is 0 Å². The SMILES string of the molecule is Cc1ccc(Oc2ccc(Sc3ccc(OC(C)(C)C)cc3)cc2)cc1S(=O)(=O)O. The average molecular weight is 445 g/mol. The summed E-state index contributed by atoms with van der Waals surface area (Å²) in [5.41, 5.74) is 0.222. The molecule has 0 amide bonds. The van der Waals surface area contributed by atoms with Gasteiger partial charge in [-0.2, -0.15) is 8.42 Å². The van der Waals surface area contributed by atoms with Crippen molar-refractivity contribution in [3.05, 3.63) is 72.3 Å². The van der Waals surface area contributed by atoms with Gasteiger partial charge in [-0.1, -0.05) is 17.8 Å². The van der Waals surface area contributed by atoms with Gasteiger partial charge in [0, 0.05) is 15.9 Å². The molecule has 0 aliphatic carbocycles. The van der Waals surface area contributed by atoms with Crippen molar-refractivity contribution in [1.29, 1.82) is 0 Å². The predicted octanol–water partition coefficient (Wildman–Crippen LogP) is 6.36. The van der Waals surface area contributed by atoms with Crippen LogP contribution in [0.2, 0.25) is 0 Å². The van der Waals surface area contributed by atoms with E-state index in [0.717, 1.165) is 15.5 Å². The number of benzene rings is 3. The van der Waals surface area contributed by atoms with Crippen LogP contribution in [-0.2, 0) is 10.1 Å². The standard InChI is InChI=1S/C23H24O5S2/c1-16-5-6-19(15-22(16)30(24,25)26)27-17-7-11-20(12-8-17)29-21-13-9-18(10-14-21)28-23(2,3)4/h5-15H,1-4H3,(H,24,25,26). The molecular weight excluding hydrogens is 420 g/mol. The monoisotopic (exact) mass is 444 g/mol. The van der Waals surface area contributed by atoms with Crippen LogP contribution in [0.3, 0.4) is 0 Å². The summed E-state index contributed by atoms with van der Waals surface area (Å²) in [5, 5.41) is 0. The molecule has 3 aromatic carbocycles. The first-order valence-electron chi connectivity index (χ1n) is 9.33. The summed E-state index contributed by atoms with van der Waals surface area (Å²) in [5.74, 6) is 1.74. The zero-order valence-electron chi connectivity index (χ0n) is 17.2. The molecule has 0 atom stereocenters. The largest absolute Gasteiger partial charge is 0.488 e. The Kier molecular flexibility index (Phi) is 6.45. The smallest absolute Gasteiger partial charge is 0.294 e. The van der Waals surface area contributed by atoms with Crippen LogP contribution in [-0.4, -0.2) is 18.6 Å². The van der Waals surface area contributed by atoms with Gasteiger partial charge in [-0.05, 0) is 87.9 Å². The van der Waals surface area contributed by atoms with E-state index in [-0.39, 0.29) is 10.5 Å². The van der Waals surface area contributed by atoms with E-state index < -0.39 is 10.1 Å². The third-order valence-electron chi connectivity index (χ3n) is 3.98. The number of aryl methyl sites for hydroxylation is 1. The maximum atomic E-state index is 11.5. The molecule has 3 rings (SSSR count). The molecule has 0 spiro atoms. The fourth-order valence-electron chi connectivity index (χ4n) is 2.70. The number of rotatable bonds is 6. The van der Waals surface area contributed by atoms with Gasteiger partial charge in [0.1, 0.15) is 27.7 Å². The minimum absolute atomic E-state index is 0.161. The Morgan fingerprint density at radius 3 is 1.80 bits per heavy atom. The molecule has 0 radical (unpaired) electrons. The molecule has 0 bridgehead atoms. The summed E-state index contributed by atoms with van der Waals surface area (Å²) in [6.45, 7) is 7.65. The molecule has 0 unspecified atom stereocenters. The summed E-state index contributed by atoms with van der Waals surface area (Å²) in [6.07, 6.45) is 0. The van der Waals surface area contributed by atoms with Crippen molar-refractivity contribution in [3.8, 4) is 17.2 Å². The lowest BCUT2D eigenvalue weighted by molar-refractivity contribution is 0.131. The highest BCUT2D eigenvalue weighted by Crippen LogP contribution is 2.32. The highest BCUT2D eigenvalue weighted by molar-refractivity contribution is 7.99. The van der Waals surface area contributed by atoms with Crippen LogP contribution in [0, 0.1) is 6.92 Å². The molecule has 3 aromatic rings. The Morgan fingerprint density at radius 1 is 0.800 bits per heavy atom. The molecule has 0 saturated heterocycles. The van der Waals surface area contributed by atoms with E-state index in [1.807, 2.05) is 69.3 Å². The summed E-state index contributed by atoms with van der Waals surface area (Å²) >= 11 is 1.61. The summed E-state index contributed by atoms with van der Waals surface area (Å²) in [6, 6.07) is 20.0. The van der Waals surface area contributed by atoms with Gasteiger partial charge in [0.25, 0.3) is 10.1 Å². The van der Waals surface area contributed by atoms with Gasteiger partial charge >= 0.3 is 0 Å². The van der Waals surface area contributed by atoms with Gasteiger partial charge in [-0.25, -0.2) is 0 Å². The van der Waals surface area contributed by atoms with Crippen LogP contribution in [0.5, 0.6) is 17.2 Å². The third kappa shape index (κ3) is 6.26. The lowest BCUT2D eigenvalue weighted by atomic mass is 10.2. The third-order valence-corrected chi connectivity index (χ3v) is 5.99. The maximum Gasteiger partial charge on any atom is 0.294 e. The predicted molar refractivity (Wildman–Crippen MR) is 118 cm³/mol. The van der Waals surface area contributed by atoms with Crippen molar-refractivity contribution in [2.45, 2.75) is 48.0 Å². The fourth-order valence-corrected chi connectivity index (χ4v) is 4.26. The average Bonchev–Trinajstić information content (AvgIpc) is 2.64. The van der Waals surface area contributed by atoms with Gasteiger partial charge in [-0.15, -0.1) is 0 Å². The van der Waals surface area contributed by atoms with Crippen molar-refractivity contribution < 1.29 is 22.4 Å². The first-order valence-corrected chi connectivity index (χ1v) is 11.6. The van der Waals surface area contributed by atoms with Crippen molar-refractivity contribution in [3.63, 3.8) is 0 Å². The van der Waals surface area contributed by atoms with E-state index in [1.165, 1.54) is 6.07 Å².